The van der Waals surface area contributed by atoms with Crippen molar-refractivity contribution in [2.75, 3.05) is 0 Å². The van der Waals surface area contributed by atoms with Crippen LogP contribution in [0.25, 0.3) is 0 Å². The van der Waals surface area contributed by atoms with Gasteiger partial charge < -0.3 is 0 Å². The van der Waals surface area contributed by atoms with Crippen LogP contribution in [0.1, 0.15) is 47.5 Å². The molecular formula is C11H20O2. The van der Waals surface area contributed by atoms with Gasteiger partial charge in [-0.05, 0) is 5.41 Å². The summed E-state index contributed by atoms with van der Waals surface area (Å²) in [5.74, 6) is -0.622. The molecule has 13 heavy (non-hydrogen) atoms. The van der Waals surface area contributed by atoms with Crippen molar-refractivity contribution in [2.45, 2.75) is 47.5 Å². The molecule has 0 rings (SSSR count). The number of Topliss-reactive ketones (excluding diaryl/α,β-unsaturated/α-hetero) is 2. The molecule has 2 heteroatoms. The Morgan fingerprint density at radius 1 is 1.23 bits per heavy atom. The van der Waals surface area contributed by atoms with E-state index in [9.17, 15) is 9.59 Å². The van der Waals surface area contributed by atoms with Crippen molar-refractivity contribution >= 4 is 11.6 Å². The van der Waals surface area contributed by atoms with Gasteiger partial charge in [0, 0.05) is 12.3 Å². The SMILES string of the molecule is CCC(C)(C)CC(=O)C(=O)C(C)C. The summed E-state index contributed by atoms with van der Waals surface area (Å²) in [7, 11) is 0. The Balaban J connectivity index is 4.24. The minimum atomic E-state index is -0.235. The number of rotatable bonds is 5. The molecular weight excluding hydrogens is 164 g/mol. The summed E-state index contributed by atoms with van der Waals surface area (Å²) in [5, 5.41) is 0. The lowest BCUT2D eigenvalue weighted by Gasteiger charge is -2.21. The molecule has 0 aliphatic heterocycles. The summed E-state index contributed by atoms with van der Waals surface area (Å²) in [4.78, 5) is 22.7. The first-order valence-corrected chi connectivity index (χ1v) is 4.87. The predicted molar refractivity (Wildman–Crippen MR) is 53.5 cm³/mol. The lowest BCUT2D eigenvalue weighted by atomic mass is 9.83. The first-order valence-electron chi connectivity index (χ1n) is 4.87. The van der Waals surface area contributed by atoms with Gasteiger partial charge in [0.15, 0.2) is 5.78 Å². The second-order valence-electron chi connectivity index (χ2n) is 4.64. The molecule has 76 valence electrons. The van der Waals surface area contributed by atoms with E-state index in [1.54, 1.807) is 13.8 Å². The Kier molecular flexibility index (Phi) is 4.31. The molecule has 0 amide bonds. The minimum absolute atomic E-state index is 0.0400. The van der Waals surface area contributed by atoms with Gasteiger partial charge in [0.2, 0.25) is 5.78 Å². The lowest BCUT2D eigenvalue weighted by molar-refractivity contribution is -0.139. The average molecular weight is 184 g/mol. The molecule has 0 N–H and O–H groups in total. The molecule has 0 spiro atoms. The van der Waals surface area contributed by atoms with Crippen molar-refractivity contribution in [3.05, 3.63) is 0 Å². The number of hydrogen-bond acceptors (Lipinski definition) is 2. The summed E-state index contributed by atoms with van der Waals surface area (Å²) in [6.45, 7) is 9.59. The van der Waals surface area contributed by atoms with Crippen molar-refractivity contribution in [1.82, 2.24) is 0 Å². The zero-order valence-electron chi connectivity index (χ0n) is 9.31. The van der Waals surface area contributed by atoms with Crippen molar-refractivity contribution in [2.24, 2.45) is 11.3 Å². The fourth-order valence-electron chi connectivity index (χ4n) is 0.969. The first kappa shape index (κ1) is 12.3. The Labute approximate surface area is 80.7 Å². The maximum atomic E-state index is 11.4. The van der Waals surface area contributed by atoms with Gasteiger partial charge in [-0.3, -0.25) is 9.59 Å². The molecule has 0 fully saturated rings. The number of carbonyl (C=O) groups excluding carboxylic acids is 2. The lowest BCUT2D eigenvalue weighted by Crippen LogP contribution is -2.25. The highest BCUT2D eigenvalue weighted by molar-refractivity contribution is 6.37. The number of ketones is 2. The van der Waals surface area contributed by atoms with Crippen LogP contribution in [0.4, 0.5) is 0 Å². The van der Waals surface area contributed by atoms with Crippen LogP contribution in [-0.4, -0.2) is 11.6 Å². The van der Waals surface area contributed by atoms with Gasteiger partial charge in [-0.25, -0.2) is 0 Å². The van der Waals surface area contributed by atoms with E-state index in [0.717, 1.165) is 6.42 Å². The van der Waals surface area contributed by atoms with Gasteiger partial charge in [0.05, 0.1) is 0 Å². The third-order valence-corrected chi connectivity index (χ3v) is 2.40. The van der Waals surface area contributed by atoms with Gasteiger partial charge in [-0.2, -0.15) is 0 Å². The summed E-state index contributed by atoms with van der Waals surface area (Å²) in [6.07, 6.45) is 1.30. The van der Waals surface area contributed by atoms with E-state index in [4.69, 9.17) is 0 Å². The largest absolute Gasteiger partial charge is 0.291 e. The molecule has 0 aromatic heterocycles. The van der Waals surface area contributed by atoms with Crippen LogP contribution < -0.4 is 0 Å². The van der Waals surface area contributed by atoms with Crippen LogP contribution in [0.15, 0.2) is 0 Å². The van der Waals surface area contributed by atoms with Gasteiger partial charge in [0.25, 0.3) is 0 Å². The van der Waals surface area contributed by atoms with E-state index < -0.39 is 0 Å². The third kappa shape index (κ3) is 4.20. The van der Waals surface area contributed by atoms with E-state index in [1.807, 2.05) is 20.8 Å². The highest BCUT2D eigenvalue weighted by Gasteiger charge is 2.25. The maximum Gasteiger partial charge on any atom is 0.200 e. The quantitative estimate of drug-likeness (QED) is 0.615. The van der Waals surface area contributed by atoms with Crippen LogP contribution in [0.5, 0.6) is 0 Å². The molecule has 0 heterocycles. The zero-order valence-corrected chi connectivity index (χ0v) is 9.31. The predicted octanol–water partition coefficient (Wildman–Crippen LogP) is 2.61. The van der Waals surface area contributed by atoms with Crippen LogP contribution in [-0.2, 0) is 9.59 Å². The third-order valence-electron chi connectivity index (χ3n) is 2.40. The number of carbonyl (C=O) groups is 2. The first-order chi connectivity index (χ1) is 5.80. The van der Waals surface area contributed by atoms with Crippen molar-refractivity contribution in [1.29, 1.82) is 0 Å². The summed E-state index contributed by atoms with van der Waals surface area (Å²) in [6, 6.07) is 0. The van der Waals surface area contributed by atoms with E-state index >= 15 is 0 Å². The van der Waals surface area contributed by atoms with Crippen LogP contribution in [0, 0.1) is 11.3 Å². The molecule has 0 radical (unpaired) electrons. The van der Waals surface area contributed by atoms with E-state index in [0.29, 0.717) is 6.42 Å². The van der Waals surface area contributed by atoms with Crippen molar-refractivity contribution in [3.8, 4) is 0 Å². The summed E-state index contributed by atoms with van der Waals surface area (Å²) < 4.78 is 0. The van der Waals surface area contributed by atoms with Crippen LogP contribution in [0.2, 0.25) is 0 Å². The second-order valence-corrected chi connectivity index (χ2v) is 4.64. The molecule has 0 aromatic rings. The highest BCUT2D eigenvalue weighted by Crippen LogP contribution is 2.25. The molecule has 0 saturated heterocycles. The number of hydrogen-bond donors (Lipinski definition) is 0. The monoisotopic (exact) mass is 184 g/mol. The molecule has 0 bridgehead atoms. The van der Waals surface area contributed by atoms with E-state index in [2.05, 4.69) is 0 Å². The molecule has 0 atom stereocenters. The zero-order chi connectivity index (χ0) is 10.6. The van der Waals surface area contributed by atoms with Gasteiger partial charge in [-0.15, -0.1) is 0 Å². The Morgan fingerprint density at radius 3 is 2.00 bits per heavy atom. The average Bonchev–Trinajstić information content (AvgIpc) is 2.02. The van der Waals surface area contributed by atoms with Gasteiger partial charge in [0.1, 0.15) is 0 Å². The highest BCUT2D eigenvalue weighted by atomic mass is 16.2. The second kappa shape index (κ2) is 4.54. The smallest absolute Gasteiger partial charge is 0.200 e. The van der Waals surface area contributed by atoms with Crippen molar-refractivity contribution in [3.63, 3.8) is 0 Å². The molecule has 0 saturated carbocycles. The normalized spacial score (nSPS) is 11.8. The van der Waals surface area contributed by atoms with Gasteiger partial charge in [-0.1, -0.05) is 41.0 Å². The fourth-order valence-corrected chi connectivity index (χ4v) is 0.969. The van der Waals surface area contributed by atoms with Gasteiger partial charge >= 0.3 is 0 Å². The minimum Gasteiger partial charge on any atom is -0.291 e. The van der Waals surface area contributed by atoms with Crippen LogP contribution in [0.3, 0.4) is 0 Å². The van der Waals surface area contributed by atoms with E-state index in [1.165, 1.54) is 0 Å². The molecule has 2 nitrogen and oxygen atoms in total. The Morgan fingerprint density at radius 2 is 1.69 bits per heavy atom. The Hall–Kier alpha value is -0.660. The fraction of sp³-hybridized carbons (Fsp3) is 0.818. The molecule has 0 aliphatic rings. The standard InChI is InChI=1S/C11H20O2/c1-6-11(4,5)7-9(12)10(13)8(2)3/h8H,6-7H2,1-5H3. The van der Waals surface area contributed by atoms with Crippen LogP contribution >= 0.6 is 0 Å². The molecule has 0 aromatic carbocycles. The van der Waals surface area contributed by atoms with Crippen molar-refractivity contribution < 1.29 is 9.59 Å². The molecule has 0 aliphatic carbocycles. The Bertz CT molecular complexity index is 202. The maximum absolute atomic E-state index is 11.4. The summed E-state index contributed by atoms with van der Waals surface area (Å²) in [5.41, 5.74) is -0.0400. The topological polar surface area (TPSA) is 34.1 Å². The summed E-state index contributed by atoms with van der Waals surface area (Å²) >= 11 is 0. The van der Waals surface area contributed by atoms with E-state index in [-0.39, 0.29) is 22.9 Å². The molecule has 0 unspecified atom stereocenters.